The summed E-state index contributed by atoms with van der Waals surface area (Å²) < 4.78 is 16.1. The van der Waals surface area contributed by atoms with E-state index in [-0.39, 0.29) is 21.9 Å². The number of amides is 1. The van der Waals surface area contributed by atoms with E-state index in [9.17, 15) is 14.7 Å². The van der Waals surface area contributed by atoms with Crippen LogP contribution in [0.15, 0.2) is 66.2 Å². The Kier molecular flexibility index (Phi) is 7.43. The summed E-state index contributed by atoms with van der Waals surface area (Å²) in [5.74, 6) is -0.902. The second-order valence-corrected chi connectivity index (χ2v) is 8.68. The standard InChI is InChI=1S/C27H23Cl2NO6/c1-4-36-18-11-9-17(10-12-18)30-24(15-5-7-16(28)8-6-15)23(26(32)27(30)33)25(31)19-13-20(29)22(35-3)14-21(19)34-2/h5-14,24,31H,4H2,1-3H3/b25-23+. The normalized spacial score (nSPS) is 16.8. The van der Waals surface area contributed by atoms with Crippen LogP contribution in [-0.4, -0.2) is 37.6 Å². The van der Waals surface area contributed by atoms with Crippen LogP contribution in [0.4, 0.5) is 5.69 Å². The minimum absolute atomic E-state index is 0.115. The maximum absolute atomic E-state index is 13.4. The van der Waals surface area contributed by atoms with E-state index in [2.05, 4.69) is 0 Å². The summed E-state index contributed by atoms with van der Waals surface area (Å²) in [5.41, 5.74) is 1.06. The fourth-order valence-electron chi connectivity index (χ4n) is 4.12. The van der Waals surface area contributed by atoms with Crippen molar-refractivity contribution in [3.63, 3.8) is 0 Å². The fourth-order valence-corrected chi connectivity index (χ4v) is 4.49. The number of carbonyl (C=O) groups is 2. The lowest BCUT2D eigenvalue weighted by atomic mass is 9.94. The summed E-state index contributed by atoms with van der Waals surface area (Å²) in [7, 11) is 2.86. The number of aliphatic hydroxyl groups excluding tert-OH is 1. The molecule has 1 fully saturated rings. The van der Waals surface area contributed by atoms with Crippen LogP contribution < -0.4 is 19.1 Å². The first-order chi connectivity index (χ1) is 17.3. The summed E-state index contributed by atoms with van der Waals surface area (Å²) in [5, 5.41) is 12.1. The van der Waals surface area contributed by atoms with Gasteiger partial charge in [-0.05, 0) is 55.0 Å². The summed E-state index contributed by atoms with van der Waals surface area (Å²) >= 11 is 12.4. The molecular weight excluding hydrogens is 505 g/mol. The zero-order valence-corrected chi connectivity index (χ0v) is 21.3. The van der Waals surface area contributed by atoms with E-state index >= 15 is 0 Å². The summed E-state index contributed by atoms with van der Waals surface area (Å²) in [6.45, 7) is 2.35. The average molecular weight is 528 g/mol. The van der Waals surface area contributed by atoms with Crippen molar-refractivity contribution in [2.45, 2.75) is 13.0 Å². The van der Waals surface area contributed by atoms with Crippen molar-refractivity contribution in [1.29, 1.82) is 0 Å². The number of methoxy groups -OCH3 is 2. The first-order valence-corrected chi connectivity index (χ1v) is 11.8. The first kappa shape index (κ1) is 25.4. The molecule has 1 amide bonds. The van der Waals surface area contributed by atoms with Crippen molar-refractivity contribution >= 4 is 46.3 Å². The monoisotopic (exact) mass is 527 g/mol. The second-order valence-electron chi connectivity index (χ2n) is 7.83. The molecule has 0 aliphatic carbocycles. The summed E-state index contributed by atoms with van der Waals surface area (Å²) in [4.78, 5) is 28.0. The lowest BCUT2D eigenvalue weighted by molar-refractivity contribution is -0.132. The Labute approximate surface area is 218 Å². The molecule has 1 aliphatic heterocycles. The molecule has 36 heavy (non-hydrogen) atoms. The Bertz CT molecular complexity index is 1340. The van der Waals surface area contributed by atoms with Gasteiger partial charge in [-0.1, -0.05) is 35.3 Å². The lowest BCUT2D eigenvalue weighted by Crippen LogP contribution is -2.29. The van der Waals surface area contributed by atoms with Crippen molar-refractivity contribution in [3.8, 4) is 17.2 Å². The molecule has 1 atom stereocenters. The van der Waals surface area contributed by atoms with Crippen LogP contribution in [0.3, 0.4) is 0 Å². The second kappa shape index (κ2) is 10.5. The quantitative estimate of drug-likeness (QED) is 0.229. The molecule has 0 aromatic heterocycles. The van der Waals surface area contributed by atoms with Crippen LogP contribution in [0, 0.1) is 0 Å². The topological polar surface area (TPSA) is 85.3 Å². The Hall–Kier alpha value is -3.68. The van der Waals surface area contributed by atoms with Crippen LogP contribution in [0.1, 0.15) is 24.1 Å². The molecule has 1 heterocycles. The molecule has 1 N–H and O–H groups in total. The van der Waals surface area contributed by atoms with Crippen molar-refractivity contribution in [2.75, 3.05) is 25.7 Å². The number of benzene rings is 3. The zero-order chi connectivity index (χ0) is 26.0. The van der Waals surface area contributed by atoms with Gasteiger partial charge in [0, 0.05) is 16.8 Å². The maximum atomic E-state index is 13.4. The third-order valence-corrected chi connectivity index (χ3v) is 6.33. The third kappa shape index (κ3) is 4.59. The fraction of sp³-hybridized carbons (Fsp3) is 0.185. The highest BCUT2D eigenvalue weighted by Crippen LogP contribution is 2.45. The Morgan fingerprint density at radius 3 is 2.17 bits per heavy atom. The van der Waals surface area contributed by atoms with Gasteiger partial charge in [0.25, 0.3) is 11.7 Å². The van der Waals surface area contributed by atoms with Gasteiger partial charge >= 0.3 is 0 Å². The van der Waals surface area contributed by atoms with E-state index < -0.39 is 23.5 Å². The van der Waals surface area contributed by atoms with Gasteiger partial charge < -0.3 is 19.3 Å². The smallest absolute Gasteiger partial charge is 0.300 e. The summed E-state index contributed by atoms with van der Waals surface area (Å²) in [6.07, 6.45) is 0. The zero-order valence-electron chi connectivity index (χ0n) is 19.7. The number of Topliss-reactive ketones (excluding diaryl/α,β-unsaturated/α-hetero) is 1. The molecule has 4 rings (SSSR count). The highest BCUT2D eigenvalue weighted by atomic mass is 35.5. The molecule has 3 aromatic rings. The van der Waals surface area contributed by atoms with Gasteiger partial charge in [0.15, 0.2) is 0 Å². The van der Waals surface area contributed by atoms with Gasteiger partial charge in [-0.25, -0.2) is 0 Å². The summed E-state index contributed by atoms with van der Waals surface area (Å²) in [6, 6.07) is 15.5. The number of ether oxygens (including phenoxy) is 3. The van der Waals surface area contributed by atoms with Gasteiger partial charge in [0.05, 0.1) is 43.0 Å². The number of carbonyl (C=O) groups excluding carboxylic acids is 2. The van der Waals surface area contributed by atoms with Gasteiger partial charge in [0.1, 0.15) is 23.0 Å². The number of ketones is 1. The number of nitrogens with zero attached hydrogens (tertiary/aromatic N) is 1. The van der Waals surface area contributed by atoms with Crippen molar-refractivity contribution < 1.29 is 28.9 Å². The van der Waals surface area contributed by atoms with E-state index in [1.807, 2.05) is 6.92 Å². The third-order valence-electron chi connectivity index (χ3n) is 5.79. The van der Waals surface area contributed by atoms with E-state index in [1.54, 1.807) is 48.5 Å². The highest BCUT2D eigenvalue weighted by molar-refractivity contribution is 6.51. The number of rotatable bonds is 7. The van der Waals surface area contributed by atoms with Crippen LogP contribution >= 0.6 is 23.2 Å². The first-order valence-electron chi connectivity index (χ1n) is 11.0. The Balaban J connectivity index is 1.94. The van der Waals surface area contributed by atoms with Crippen molar-refractivity contribution in [3.05, 3.63) is 87.4 Å². The number of hydrogen-bond donors (Lipinski definition) is 1. The van der Waals surface area contributed by atoms with Crippen LogP contribution in [0.2, 0.25) is 10.0 Å². The molecule has 0 saturated carbocycles. The van der Waals surface area contributed by atoms with Crippen LogP contribution in [0.25, 0.3) is 5.76 Å². The van der Waals surface area contributed by atoms with E-state index in [1.165, 1.54) is 31.3 Å². The molecule has 186 valence electrons. The van der Waals surface area contributed by atoms with Gasteiger partial charge in [-0.3, -0.25) is 14.5 Å². The van der Waals surface area contributed by atoms with E-state index in [0.717, 1.165) is 0 Å². The molecule has 0 radical (unpaired) electrons. The lowest BCUT2D eigenvalue weighted by Gasteiger charge is -2.26. The number of hydrogen-bond acceptors (Lipinski definition) is 6. The van der Waals surface area contributed by atoms with Crippen molar-refractivity contribution in [1.82, 2.24) is 0 Å². The molecule has 9 heteroatoms. The predicted octanol–water partition coefficient (Wildman–Crippen LogP) is 6.04. The molecule has 1 aliphatic rings. The van der Waals surface area contributed by atoms with Gasteiger partial charge in [0.2, 0.25) is 0 Å². The van der Waals surface area contributed by atoms with Crippen LogP contribution in [-0.2, 0) is 9.59 Å². The molecule has 0 spiro atoms. The largest absolute Gasteiger partial charge is 0.507 e. The van der Waals surface area contributed by atoms with E-state index in [4.69, 9.17) is 37.4 Å². The molecular formula is C27H23Cl2NO6. The van der Waals surface area contributed by atoms with Gasteiger partial charge in [-0.15, -0.1) is 0 Å². The predicted molar refractivity (Wildman–Crippen MR) is 138 cm³/mol. The molecule has 7 nitrogen and oxygen atoms in total. The minimum atomic E-state index is -0.939. The minimum Gasteiger partial charge on any atom is -0.507 e. The number of aliphatic hydroxyl groups is 1. The molecule has 1 unspecified atom stereocenters. The Morgan fingerprint density at radius 1 is 0.944 bits per heavy atom. The van der Waals surface area contributed by atoms with Gasteiger partial charge in [-0.2, -0.15) is 0 Å². The number of anilines is 1. The SMILES string of the molecule is CCOc1ccc(N2C(=O)C(=O)/C(=C(/O)c3cc(Cl)c(OC)cc3OC)C2c2ccc(Cl)cc2)cc1. The Morgan fingerprint density at radius 2 is 1.58 bits per heavy atom. The molecule has 3 aromatic carbocycles. The number of halogens is 2. The van der Waals surface area contributed by atoms with E-state index in [0.29, 0.717) is 34.4 Å². The molecule has 0 bridgehead atoms. The van der Waals surface area contributed by atoms with Crippen LogP contribution in [0.5, 0.6) is 17.2 Å². The molecule has 1 saturated heterocycles. The highest BCUT2D eigenvalue weighted by Gasteiger charge is 2.47. The van der Waals surface area contributed by atoms with Crippen molar-refractivity contribution in [2.24, 2.45) is 0 Å². The maximum Gasteiger partial charge on any atom is 0.300 e. The average Bonchev–Trinajstić information content (AvgIpc) is 3.14.